The fourth-order valence-electron chi connectivity index (χ4n) is 1.14. The molecule has 0 saturated heterocycles. The molecule has 0 aromatic carbocycles. The number of carbonyl (C=O) groups excluding carboxylic acids is 1. The molecule has 4 nitrogen and oxygen atoms in total. The van der Waals surface area contributed by atoms with Gasteiger partial charge in [-0.1, -0.05) is 11.3 Å². The largest absolute Gasteiger partial charge is 0.319 e. The molecule has 0 bridgehead atoms. The molecule has 2 rings (SSSR count). The van der Waals surface area contributed by atoms with Crippen LogP contribution in [-0.4, -0.2) is 24.5 Å². The van der Waals surface area contributed by atoms with E-state index in [0.717, 1.165) is 9.53 Å². The molecule has 2 aromatic heterocycles. The van der Waals surface area contributed by atoms with Gasteiger partial charge in [-0.2, -0.15) is 0 Å². The number of nitrogens with zero attached hydrogens (tertiary/aromatic N) is 1. The number of aromatic nitrogens is 1. The van der Waals surface area contributed by atoms with Gasteiger partial charge in [-0.3, -0.25) is 4.79 Å². The van der Waals surface area contributed by atoms with Crippen LogP contribution in [0.25, 0.3) is 9.53 Å². The van der Waals surface area contributed by atoms with Crippen molar-refractivity contribution in [1.82, 2.24) is 10.3 Å². The molecule has 0 aliphatic rings. The zero-order valence-corrected chi connectivity index (χ0v) is 11.1. The summed E-state index contributed by atoms with van der Waals surface area (Å²) in [6, 6.07) is 1.96. The minimum absolute atomic E-state index is 0. The van der Waals surface area contributed by atoms with E-state index in [1.54, 1.807) is 11.3 Å². The SMILES string of the molecule is CNCCC(=O)Nc1nc2ccsc2s1.Cl. The lowest BCUT2D eigenvalue weighted by Gasteiger charge is -1.99. The highest BCUT2D eigenvalue weighted by atomic mass is 35.5. The van der Waals surface area contributed by atoms with Crippen LogP contribution in [0, 0.1) is 0 Å². The Kier molecular flexibility index (Phi) is 5.14. The van der Waals surface area contributed by atoms with E-state index < -0.39 is 0 Å². The molecular weight excluding hydrogens is 266 g/mol. The Balaban J connectivity index is 0.00000128. The summed E-state index contributed by atoms with van der Waals surface area (Å²) in [4.78, 5) is 15.7. The van der Waals surface area contributed by atoms with E-state index in [-0.39, 0.29) is 18.3 Å². The van der Waals surface area contributed by atoms with Gasteiger partial charge in [-0.25, -0.2) is 4.98 Å². The van der Waals surface area contributed by atoms with Crippen LogP contribution in [0.1, 0.15) is 6.42 Å². The van der Waals surface area contributed by atoms with Gasteiger partial charge in [-0.05, 0) is 18.5 Å². The number of thiazole rings is 1. The van der Waals surface area contributed by atoms with Crippen LogP contribution in [-0.2, 0) is 4.79 Å². The maximum atomic E-state index is 11.4. The van der Waals surface area contributed by atoms with Gasteiger partial charge < -0.3 is 10.6 Å². The van der Waals surface area contributed by atoms with Gasteiger partial charge in [0, 0.05) is 13.0 Å². The first kappa shape index (κ1) is 13.4. The summed E-state index contributed by atoms with van der Waals surface area (Å²) >= 11 is 3.17. The van der Waals surface area contributed by atoms with Crippen molar-refractivity contribution in [2.45, 2.75) is 6.42 Å². The van der Waals surface area contributed by atoms with Crippen molar-refractivity contribution >= 4 is 55.6 Å². The highest BCUT2D eigenvalue weighted by molar-refractivity contribution is 7.39. The van der Waals surface area contributed by atoms with E-state index in [1.165, 1.54) is 11.3 Å². The normalized spacial score (nSPS) is 10.1. The zero-order chi connectivity index (χ0) is 10.7. The predicted octanol–water partition coefficient (Wildman–Crippen LogP) is 2.33. The summed E-state index contributed by atoms with van der Waals surface area (Å²) in [5.74, 6) is 0.00533. The fraction of sp³-hybridized carbons (Fsp3) is 0.333. The Bertz CT molecular complexity index is 439. The van der Waals surface area contributed by atoms with Crippen molar-refractivity contribution in [3.8, 4) is 0 Å². The first-order chi connectivity index (χ1) is 7.29. The molecule has 2 aromatic rings. The number of halogens is 1. The molecule has 88 valence electrons. The summed E-state index contributed by atoms with van der Waals surface area (Å²) in [7, 11) is 1.83. The van der Waals surface area contributed by atoms with Gasteiger partial charge in [-0.15, -0.1) is 23.7 Å². The number of rotatable bonds is 4. The zero-order valence-electron chi connectivity index (χ0n) is 8.65. The molecular formula is C9H12ClN3OS2. The third kappa shape index (κ3) is 3.15. The minimum Gasteiger partial charge on any atom is -0.319 e. The minimum atomic E-state index is 0. The maximum Gasteiger partial charge on any atom is 0.227 e. The van der Waals surface area contributed by atoms with Crippen LogP contribution in [0.5, 0.6) is 0 Å². The topological polar surface area (TPSA) is 54.0 Å². The van der Waals surface area contributed by atoms with Gasteiger partial charge >= 0.3 is 0 Å². The Morgan fingerprint density at radius 3 is 3.06 bits per heavy atom. The maximum absolute atomic E-state index is 11.4. The summed E-state index contributed by atoms with van der Waals surface area (Å²) < 4.78 is 1.15. The molecule has 0 fully saturated rings. The van der Waals surface area contributed by atoms with Gasteiger partial charge in [0.2, 0.25) is 5.91 Å². The van der Waals surface area contributed by atoms with Gasteiger partial charge in [0.05, 0.1) is 5.52 Å². The number of thiophene rings is 1. The van der Waals surface area contributed by atoms with Crippen LogP contribution in [0.15, 0.2) is 11.4 Å². The number of amides is 1. The Morgan fingerprint density at radius 2 is 2.38 bits per heavy atom. The third-order valence-corrected chi connectivity index (χ3v) is 3.89. The summed E-state index contributed by atoms with van der Waals surface area (Å²) in [6.07, 6.45) is 0.476. The molecule has 7 heteroatoms. The monoisotopic (exact) mass is 277 g/mol. The lowest BCUT2D eigenvalue weighted by molar-refractivity contribution is -0.116. The highest BCUT2D eigenvalue weighted by Crippen LogP contribution is 2.30. The average Bonchev–Trinajstić information content (AvgIpc) is 2.74. The van der Waals surface area contributed by atoms with Crippen LogP contribution >= 0.6 is 35.1 Å². The lowest BCUT2D eigenvalue weighted by Crippen LogP contribution is -2.18. The third-order valence-electron chi connectivity index (χ3n) is 1.87. The van der Waals surface area contributed by atoms with E-state index in [4.69, 9.17) is 0 Å². The number of carbonyl (C=O) groups is 1. The highest BCUT2D eigenvalue weighted by Gasteiger charge is 2.07. The second kappa shape index (κ2) is 6.15. The summed E-state index contributed by atoms with van der Waals surface area (Å²) in [5, 5.41) is 8.41. The van der Waals surface area contributed by atoms with Crippen LogP contribution in [0.2, 0.25) is 0 Å². The Labute approximate surface area is 107 Å². The number of fused-ring (bicyclic) bond motifs is 1. The van der Waals surface area contributed by atoms with Gasteiger partial charge in [0.15, 0.2) is 5.13 Å². The molecule has 0 aliphatic carbocycles. The first-order valence-electron chi connectivity index (χ1n) is 4.58. The molecule has 0 atom stereocenters. The van der Waals surface area contributed by atoms with E-state index >= 15 is 0 Å². The molecule has 0 unspecified atom stereocenters. The molecule has 1 amide bonds. The van der Waals surface area contributed by atoms with Crippen molar-refractivity contribution in [2.24, 2.45) is 0 Å². The average molecular weight is 278 g/mol. The summed E-state index contributed by atoms with van der Waals surface area (Å²) in [6.45, 7) is 0.686. The molecule has 0 aliphatic heterocycles. The predicted molar refractivity (Wildman–Crippen MR) is 71.9 cm³/mol. The number of hydrogen-bond donors (Lipinski definition) is 2. The van der Waals surface area contributed by atoms with E-state index in [9.17, 15) is 4.79 Å². The molecule has 2 N–H and O–H groups in total. The number of anilines is 1. The van der Waals surface area contributed by atoms with Crippen molar-refractivity contribution in [2.75, 3.05) is 18.9 Å². The van der Waals surface area contributed by atoms with Crippen molar-refractivity contribution in [3.05, 3.63) is 11.4 Å². The Morgan fingerprint density at radius 1 is 1.56 bits per heavy atom. The van der Waals surface area contributed by atoms with E-state index in [2.05, 4.69) is 15.6 Å². The molecule has 0 radical (unpaired) electrons. The molecule has 16 heavy (non-hydrogen) atoms. The fourth-order valence-corrected chi connectivity index (χ4v) is 3.00. The van der Waals surface area contributed by atoms with Crippen LogP contribution in [0.3, 0.4) is 0 Å². The van der Waals surface area contributed by atoms with Crippen molar-refractivity contribution in [1.29, 1.82) is 0 Å². The second-order valence-electron chi connectivity index (χ2n) is 3.01. The van der Waals surface area contributed by atoms with Gasteiger partial charge in [0.25, 0.3) is 0 Å². The molecule has 0 saturated carbocycles. The number of hydrogen-bond acceptors (Lipinski definition) is 5. The van der Waals surface area contributed by atoms with Crippen LogP contribution in [0.4, 0.5) is 5.13 Å². The standard InChI is InChI=1S/C9H11N3OS2.ClH/c1-10-4-2-7(13)12-9-11-6-3-5-14-8(6)15-9;/h3,5,10H,2,4H2,1H3,(H,11,12,13);1H. The van der Waals surface area contributed by atoms with E-state index in [1.807, 2.05) is 18.5 Å². The Hall–Kier alpha value is -0.690. The van der Waals surface area contributed by atoms with E-state index in [0.29, 0.717) is 18.1 Å². The van der Waals surface area contributed by atoms with Crippen LogP contribution < -0.4 is 10.6 Å². The quantitative estimate of drug-likeness (QED) is 0.902. The summed E-state index contributed by atoms with van der Waals surface area (Å²) in [5.41, 5.74) is 0.967. The first-order valence-corrected chi connectivity index (χ1v) is 6.27. The van der Waals surface area contributed by atoms with Crippen molar-refractivity contribution < 1.29 is 4.79 Å². The number of nitrogens with one attached hydrogen (secondary N) is 2. The van der Waals surface area contributed by atoms with Crippen molar-refractivity contribution in [3.63, 3.8) is 0 Å². The second-order valence-corrected chi connectivity index (χ2v) is 5.19. The molecule has 2 heterocycles. The molecule has 0 spiro atoms. The smallest absolute Gasteiger partial charge is 0.227 e. The lowest BCUT2D eigenvalue weighted by atomic mass is 10.4. The van der Waals surface area contributed by atoms with Gasteiger partial charge in [0.1, 0.15) is 4.01 Å².